The monoisotopic (exact) mass is 345 g/mol. The van der Waals surface area contributed by atoms with Gasteiger partial charge in [0.2, 0.25) is 5.91 Å². The normalized spacial score (nSPS) is 19.5. The van der Waals surface area contributed by atoms with Gasteiger partial charge >= 0.3 is 0 Å². The molecule has 1 amide bonds. The number of nitrogens with one attached hydrogen (secondary N) is 1. The predicted octanol–water partition coefficient (Wildman–Crippen LogP) is 1.99. The van der Waals surface area contributed by atoms with E-state index in [0.717, 1.165) is 57.1 Å². The molecule has 4 rings (SSSR count). The number of hydrogen-bond donors (Lipinski definition) is 1. The summed E-state index contributed by atoms with van der Waals surface area (Å²) in [5, 5.41) is 16.2. The molecule has 7 heteroatoms. The van der Waals surface area contributed by atoms with Crippen LogP contribution >= 0.6 is 11.3 Å². The van der Waals surface area contributed by atoms with Gasteiger partial charge < -0.3 is 9.88 Å². The highest BCUT2D eigenvalue weighted by Crippen LogP contribution is 2.29. The average Bonchev–Trinajstić information content (AvgIpc) is 3.22. The number of carbonyl (C=O) groups excluding carboxylic acids is 1. The Hall–Kier alpha value is -1.73. The van der Waals surface area contributed by atoms with E-state index in [0.29, 0.717) is 0 Å². The van der Waals surface area contributed by atoms with Crippen LogP contribution in [0.1, 0.15) is 43.0 Å². The average molecular weight is 345 g/mol. The standard InChI is InChI=1S/C17H23N5OS/c1-12(18-17(23)14-2-3-14)16-20-19-15-4-6-21(7-8-22(15)16)10-13-5-9-24-11-13/h5,9,11-12,14H,2-4,6-8,10H2,1H3,(H,18,23). The van der Waals surface area contributed by atoms with Crippen molar-refractivity contribution in [3.63, 3.8) is 0 Å². The first-order valence-corrected chi connectivity index (χ1v) is 9.61. The third kappa shape index (κ3) is 3.37. The molecule has 2 aliphatic rings. The second kappa shape index (κ2) is 6.64. The first-order chi connectivity index (χ1) is 11.7. The molecular weight excluding hydrogens is 322 g/mol. The van der Waals surface area contributed by atoms with Crippen molar-refractivity contribution < 1.29 is 4.79 Å². The van der Waals surface area contributed by atoms with E-state index in [4.69, 9.17) is 0 Å². The summed E-state index contributed by atoms with van der Waals surface area (Å²) in [6.45, 7) is 5.86. The van der Waals surface area contributed by atoms with Gasteiger partial charge in [0.15, 0.2) is 5.82 Å². The number of thiophene rings is 1. The van der Waals surface area contributed by atoms with E-state index < -0.39 is 0 Å². The fourth-order valence-electron chi connectivity index (χ4n) is 3.25. The molecule has 128 valence electrons. The van der Waals surface area contributed by atoms with Crippen LogP contribution in [-0.4, -0.2) is 38.7 Å². The van der Waals surface area contributed by atoms with Gasteiger partial charge in [0.05, 0.1) is 6.04 Å². The van der Waals surface area contributed by atoms with Crippen LogP contribution in [0.25, 0.3) is 0 Å². The molecule has 1 unspecified atom stereocenters. The second-order valence-electron chi connectivity index (χ2n) is 6.79. The zero-order valence-electron chi connectivity index (χ0n) is 13.9. The number of fused-ring (bicyclic) bond motifs is 1. The van der Waals surface area contributed by atoms with Crippen molar-refractivity contribution in [3.05, 3.63) is 34.0 Å². The summed E-state index contributed by atoms with van der Waals surface area (Å²) in [5.74, 6) is 2.30. The van der Waals surface area contributed by atoms with Crippen LogP contribution in [0, 0.1) is 5.92 Å². The molecular formula is C17H23N5OS. The minimum atomic E-state index is -0.0808. The van der Waals surface area contributed by atoms with Gasteiger partial charge in [-0.1, -0.05) is 0 Å². The summed E-state index contributed by atoms with van der Waals surface area (Å²) in [5.41, 5.74) is 1.38. The number of hydrogen-bond acceptors (Lipinski definition) is 5. The number of aromatic nitrogens is 3. The minimum absolute atomic E-state index is 0.0808. The summed E-state index contributed by atoms with van der Waals surface area (Å²) in [6, 6.07) is 2.11. The molecule has 1 aliphatic heterocycles. The lowest BCUT2D eigenvalue weighted by Crippen LogP contribution is -2.31. The molecule has 0 spiro atoms. The molecule has 1 saturated carbocycles. The van der Waals surface area contributed by atoms with E-state index in [1.54, 1.807) is 11.3 Å². The van der Waals surface area contributed by atoms with Crippen molar-refractivity contribution in [2.24, 2.45) is 5.92 Å². The first kappa shape index (κ1) is 15.8. The van der Waals surface area contributed by atoms with Gasteiger partial charge in [-0.25, -0.2) is 0 Å². The van der Waals surface area contributed by atoms with Gasteiger partial charge in [-0.05, 0) is 42.2 Å². The second-order valence-corrected chi connectivity index (χ2v) is 7.57. The predicted molar refractivity (Wildman–Crippen MR) is 92.6 cm³/mol. The summed E-state index contributed by atoms with van der Waals surface area (Å²) >= 11 is 1.75. The van der Waals surface area contributed by atoms with Gasteiger partial charge in [-0.3, -0.25) is 9.69 Å². The van der Waals surface area contributed by atoms with E-state index in [1.165, 1.54) is 5.56 Å². The lowest BCUT2D eigenvalue weighted by atomic mass is 10.2. The Morgan fingerprint density at radius 3 is 3.00 bits per heavy atom. The Bertz CT molecular complexity index is 707. The summed E-state index contributed by atoms with van der Waals surface area (Å²) in [6.07, 6.45) is 2.95. The number of nitrogens with zero attached hydrogens (tertiary/aromatic N) is 4. The van der Waals surface area contributed by atoms with E-state index in [1.807, 2.05) is 6.92 Å². The maximum atomic E-state index is 12.0. The summed E-state index contributed by atoms with van der Waals surface area (Å²) < 4.78 is 2.20. The molecule has 0 aromatic carbocycles. The molecule has 3 heterocycles. The quantitative estimate of drug-likeness (QED) is 0.900. The first-order valence-electron chi connectivity index (χ1n) is 8.66. The maximum Gasteiger partial charge on any atom is 0.223 e. The molecule has 1 N–H and O–H groups in total. The van der Waals surface area contributed by atoms with Crippen LogP contribution in [0.2, 0.25) is 0 Å². The summed E-state index contributed by atoms with van der Waals surface area (Å²) in [4.78, 5) is 14.5. The van der Waals surface area contributed by atoms with Crippen molar-refractivity contribution in [3.8, 4) is 0 Å². The van der Waals surface area contributed by atoms with Crippen molar-refractivity contribution in [2.45, 2.75) is 45.3 Å². The van der Waals surface area contributed by atoms with Crippen molar-refractivity contribution in [1.29, 1.82) is 0 Å². The van der Waals surface area contributed by atoms with Crippen LogP contribution in [0.15, 0.2) is 16.8 Å². The number of carbonyl (C=O) groups is 1. The van der Waals surface area contributed by atoms with Crippen molar-refractivity contribution >= 4 is 17.2 Å². The van der Waals surface area contributed by atoms with Crippen LogP contribution in [0.4, 0.5) is 0 Å². The molecule has 6 nitrogen and oxygen atoms in total. The van der Waals surface area contributed by atoms with Crippen molar-refractivity contribution in [2.75, 3.05) is 13.1 Å². The fourth-order valence-corrected chi connectivity index (χ4v) is 3.91. The Balaban J connectivity index is 1.42. The molecule has 0 bridgehead atoms. The van der Waals surface area contributed by atoms with Crippen LogP contribution in [0.3, 0.4) is 0 Å². The smallest absolute Gasteiger partial charge is 0.223 e. The topological polar surface area (TPSA) is 63.1 Å². The molecule has 0 saturated heterocycles. The Morgan fingerprint density at radius 2 is 2.25 bits per heavy atom. The number of rotatable bonds is 5. The van der Waals surface area contributed by atoms with Gasteiger partial charge in [0.25, 0.3) is 0 Å². The van der Waals surface area contributed by atoms with Crippen LogP contribution in [-0.2, 0) is 24.3 Å². The molecule has 0 radical (unpaired) electrons. The van der Waals surface area contributed by atoms with Gasteiger partial charge in [0, 0.05) is 38.5 Å². The van der Waals surface area contributed by atoms with E-state index in [9.17, 15) is 4.79 Å². The highest BCUT2D eigenvalue weighted by Gasteiger charge is 2.31. The van der Waals surface area contributed by atoms with Crippen molar-refractivity contribution in [1.82, 2.24) is 25.0 Å². The molecule has 1 fully saturated rings. The van der Waals surface area contributed by atoms with E-state index >= 15 is 0 Å². The third-order valence-electron chi connectivity index (χ3n) is 4.83. The van der Waals surface area contributed by atoms with Crippen LogP contribution in [0.5, 0.6) is 0 Å². The van der Waals surface area contributed by atoms with E-state index in [2.05, 4.69) is 41.8 Å². The lowest BCUT2D eigenvalue weighted by Gasteiger charge is -2.19. The Morgan fingerprint density at radius 1 is 1.38 bits per heavy atom. The Labute approximate surface area is 145 Å². The highest BCUT2D eigenvalue weighted by atomic mass is 32.1. The highest BCUT2D eigenvalue weighted by molar-refractivity contribution is 7.07. The molecule has 1 aliphatic carbocycles. The third-order valence-corrected chi connectivity index (χ3v) is 5.56. The van der Waals surface area contributed by atoms with Gasteiger partial charge in [0.1, 0.15) is 5.82 Å². The SMILES string of the molecule is CC(NC(=O)C1CC1)c1nnc2n1CCN(Cc1ccsc1)CC2. The van der Waals surface area contributed by atoms with Gasteiger partial charge in [-0.2, -0.15) is 11.3 Å². The lowest BCUT2D eigenvalue weighted by molar-refractivity contribution is -0.123. The maximum absolute atomic E-state index is 12.0. The minimum Gasteiger partial charge on any atom is -0.346 e. The van der Waals surface area contributed by atoms with Gasteiger partial charge in [-0.15, -0.1) is 10.2 Å². The zero-order valence-corrected chi connectivity index (χ0v) is 14.8. The molecule has 2 aromatic rings. The van der Waals surface area contributed by atoms with E-state index in [-0.39, 0.29) is 17.9 Å². The molecule has 24 heavy (non-hydrogen) atoms. The number of amides is 1. The Kier molecular flexibility index (Phi) is 4.37. The largest absolute Gasteiger partial charge is 0.346 e. The zero-order chi connectivity index (χ0) is 16.5. The van der Waals surface area contributed by atoms with Crippen LogP contribution < -0.4 is 5.32 Å². The summed E-state index contributed by atoms with van der Waals surface area (Å²) in [7, 11) is 0. The fraction of sp³-hybridized carbons (Fsp3) is 0.588. The molecule has 1 atom stereocenters. The molecule has 2 aromatic heterocycles.